The summed E-state index contributed by atoms with van der Waals surface area (Å²) in [5.41, 5.74) is -1.38. The minimum atomic E-state index is -1.86. The van der Waals surface area contributed by atoms with Crippen LogP contribution in [0.5, 0.6) is 0 Å². The van der Waals surface area contributed by atoms with Crippen molar-refractivity contribution in [2.45, 2.75) is 78.3 Å². The molecule has 0 radical (unpaired) electrons. The Balaban J connectivity index is 1.70. The number of Topliss-reactive ketones (excluding diaryl/α,β-unsaturated/α-hetero) is 1. The Morgan fingerprint density at radius 3 is 2.44 bits per heavy atom. The summed E-state index contributed by atoms with van der Waals surface area (Å²) in [7, 11) is 1.21. The normalized spacial score (nSPS) is 44.7. The van der Waals surface area contributed by atoms with Crippen LogP contribution in [0.25, 0.3) is 0 Å². The average Bonchev–Trinajstić information content (AvgIpc) is 3.04. The van der Waals surface area contributed by atoms with Crippen molar-refractivity contribution in [1.29, 1.82) is 0 Å². The van der Waals surface area contributed by atoms with E-state index in [0.29, 0.717) is 12.8 Å². The summed E-state index contributed by atoms with van der Waals surface area (Å²) >= 11 is 0. The van der Waals surface area contributed by atoms with E-state index in [9.17, 15) is 19.2 Å². The number of fused-ring (bicyclic) bond motifs is 3. The number of ether oxygens (including phenoxy) is 4. The van der Waals surface area contributed by atoms with Crippen LogP contribution >= 0.6 is 0 Å². The number of carbonyl (C=O) groups excluding carboxylic acids is 4. The maximum atomic E-state index is 13.9. The monoisotopic (exact) mass is 472 g/mol. The Morgan fingerprint density at radius 2 is 1.79 bits per heavy atom. The quantitative estimate of drug-likeness (QED) is 0.326. The second-order valence-electron chi connectivity index (χ2n) is 11.6. The third-order valence-corrected chi connectivity index (χ3v) is 9.30. The highest BCUT2D eigenvalue weighted by Gasteiger charge is 2.74. The lowest BCUT2D eigenvalue weighted by atomic mass is 9.45. The number of carbonyl (C=O) groups is 4. The van der Waals surface area contributed by atoms with Gasteiger partial charge in [-0.2, -0.15) is 0 Å². The fourth-order valence-electron chi connectivity index (χ4n) is 7.58. The molecule has 0 spiro atoms. The van der Waals surface area contributed by atoms with Crippen LogP contribution in [0.2, 0.25) is 0 Å². The van der Waals surface area contributed by atoms with Crippen LogP contribution in [-0.4, -0.2) is 48.3 Å². The fraction of sp³-hybridized carbons (Fsp3) is 0.692. The summed E-state index contributed by atoms with van der Waals surface area (Å²) in [5.74, 6) is -3.20. The fourth-order valence-corrected chi connectivity index (χ4v) is 7.58. The number of allylic oxidation sites excluding steroid dienone is 2. The van der Waals surface area contributed by atoms with Gasteiger partial charge in [0.2, 0.25) is 11.9 Å². The molecular formula is C26H32O8. The van der Waals surface area contributed by atoms with Crippen LogP contribution in [0.3, 0.4) is 0 Å². The van der Waals surface area contributed by atoms with Crippen molar-refractivity contribution in [3.05, 3.63) is 22.8 Å². The zero-order valence-corrected chi connectivity index (χ0v) is 20.8. The van der Waals surface area contributed by atoms with E-state index in [4.69, 9.17) is 18.9 Å². The number of ketones is 1. The van der Waals surface area contributed by atoms with Crippen LogP contribution in [0.4, 0.5) is 0 Å². The molecule has 8 heteroatoms. The molecule has 34 heavy (non-hydrogen) atoms. The largest absolute Gasteiger partial charge is 0.467 e. The molecule has 0 aromatic rings. The van der Waals surface area contributed by atoms with E-state index in [2.05, 4.69) is 13.0 Å². The van der Waals surface area contributed by atoms with Crippen molar-refractivity contribution < 1.29 is 38.1 Å². The van der Waals surface area contributed by atoms with Crippen LogP contribution < -0.4 is 0 Å². The van der Waals surface area contributed by atoms with Crippen molar-refractivity contribution in [2.75, 3.05) is 7.11 Å². The van der Waals surface area contributed by atoms with E-state index in [1.54, 1.807) is 0 Å². The molecule has 7 atom stereocenters. The van der Waals surface area contributed by atoms with Gasteiger partial charge < -0.3 is 18.9 Å². The molecule has 1 saturated carbocycles. The molecule has 3 aliphatic heterocycles. The Labute approximate surface area is 199 Å². The number of esters is 3. The van der Waals surface area contributed by atoms with E-state index in [-0.39, 0.29) is 18.3 Å². The summed E-state index contributed by atoms with van der Waals surface area (Å²) in [6.45, 7) is 11.0. The van der Waals surface area contributed by atoms with Gasteiger partial charge in [-0.25, -0.2) is 4.79 Å². The van der Waals surface area contributed by atoms with E-state index in [0.717, 1.165) is 16.7 Å². The number of rotatable bonds is 1. The van der Waals surface area contributed by atoms with Crippen molar-refractivity contribution in [2.24, 2.45) is 28.6 Å². The first kappa shape index (κ1) is 23.3. The molecule has 7 unspecified atom stereocenters. The number of hydrogen-bond donors (Lipinski definition) is 0. The minimum Gasteiger partial charge on any atom is -0.467 e. The molecule has 8 nitrogen and oxygen atoms in total. The Bertz CT molecular complexity index is 1100. The van der Waals surface area contributed by atoms with Gasteiger partial charge in [-0.05, 0) is 63.0 Å². The van der Waals surface area contributed by atoms with Crippen LogP contribution in [0.1, 0.15) is 60.8 Å². The first-order chi connectivity index (χ1) is 15.7. The van der Waals surface area contributed by atoms with E-state index >= 15 is 0 Å². The molecule has 0 bridgehead atoms. The summed E-state index contributed by atoms with van der Waals surface area (Å²) < 4.78 is 22.2. The van der Waals surface area contributed by atoms with E-state index < -0.39 is 57.9 Å². The van der Waals surface area contributed by atoms with Gasteiger partial charge in [-0.3, -0.25) is 14.4 Å². The topological polar surface area (TPSA) is 105 Å². The smallest absolute Gasteiger partial charge is 0.345 e. The molecule has 5 rings (SSSR count). The zero-order chi connectivity index (χ0) is 25.0. The number of methoxy groups -OCH3 is 1. The molecule has 3 saturated heterocycles. The highest BCUT2D eigenvalue weighted by molar-refractivity contribution is 6.10. The molecule has 0 amide bonds. The lowest BCUT2D eigenvalue weighted by molar-refractivity contribution is -0.253. The number of cyclic esters (lactones) is 1. The Kier molecular flexibility index (Phi) is 4.66. The first-order valence-electron chi connectivity index (χ1n) is 11.8. The predicted molar refractivity (Wildman–Crippen MR) is 118 cm³/mol. The van der Waals surface area contributed by atoms with Gasteiger partial charge in [-0.1, -0.05) is 25.5 Å². The van der Waals surface area contributed by atoms with Gasteiger partial charge in [0.1, 0.15) is 5.60 Å². The van der Waals surface area contributed by atoms with E-state index in [1.165, 1.54) is 14.0 Å². The first-order valence-corrected chi connectivity index (χ1v) is 11.8. The van der Waals surface area contributed by atoms with Crippen LogP contribution in [-0.2, 0) is 38.1 Å². The van der Waals surface area contributed by atoms with Crippen molar-refractivity contribution in [1.82, 2.24) is 0 Å². The standard InChI is InChI=1S/C26H32O8/c1-12-13-10-16(27)33-23(2,3)14(13)8-9-24(4)15(12)11-25(5)18-17(24)19(28)32-20(18)34-26(6,21(25)29)22(30)31-7/h8,15,17-18,20H,9-11H2,1-7H3. The summed E-state index contributed by atoms with van der Waals surface area (Å²) in [5, 5.41) is 0. The van der Waals surface area contributed by atoms with Gasteiger partial charge >= 0.3 is 17.9 Å². The van der Waals surface area contributed by atoms with Gasteiger partial charge in [0.05, 0.1) is 19.4 Å². The summed E-state index contributed by atoms with van der Waals surface area (Å²) in [6.07, 6.45) is 2.23. The maximum absolute atomic E-state index is 13.9. The second-order valence-corrected chi connectivity index (χ2v) is 11.6. The van der Waals surface area contributed by atoms with Crippen LogP contribution in [0, 0.1) is 28.6 Å². The molecule has 0 N–H and O–H groups in total. The van der Waals surface area contributed by atoms with Crippen molar-refractivity contribution >= 4 is 23.7 Å². The molecular weight excluding hydrogens is 440 g/mol. The maximum Gasteiger partial charge on any atom is 0.345 e. The van der Waals surface area contributed by atoms with Gasteiger partial charge in [0, 0.05) is 11.3 Å². The predicted octanol–water partition coefficient (Wildman–Crippen LogP) is 3.04. The highest BCUT2D eigenvalue weighted by Crippen LogP contribution is 2.67. The minimum absolute atomic E-state index is 0.155. The summed E-state index contributed by atoms with van der Waals surface area (Å²) in [6, 6.07) is 0. The van der Waals surface area contributed by atoms with Crippen LogP contribution in [0.15, 0.2) is 22.8 Å². The molecule has 5 aliphatic rings. The lowest BCUT2D eigenvalue weighted by Crippen LogP contribution is -2.67. The molecule has 2 aliphatic carbocycles. The summed E-state index contributed by atoms with van der Waals surface area (Å²) in [4.78, 5) is 52.4. The van der Waals surface area contributed by atoms with Crippen molar-refractivity contribution in [3.63, 3.8) is 0 Å². The molecule has 0 aromatic carbocycles. The molecule has 4 fully saturated rings. The third kappa shape index (κ3) is 2.69. The molecule has 0 aromatic heterocycles. The highest BCUT2D eigenvalue weighted by atomic mass is 16.7. The molecule has 184 valence electrons. The number of hydrogen-bond acceptors (Lipinski definition) is 8. The van der Waals surface area contributed by atoms with Gasteiger partial charge in [0.15, 0.2) is 5.78 Å². The third-order valence-electron chi connectivity index (χ3n) is 9.30. The Morgan fingerprint density at radius 1 is 1.12 bits per heavy atom. The van der Waals surface area contributed by atoms with E-state index in [1.807, 2.05) is 27.7 Å². The van der Waals surface area contributed by atoms with Gasteiger partial charge in [-0.15, -0.1) is 0 Å². The second kappa shape index (κ2) is 6.80. The Hall–Kier alpha value is -2.48. The lowest BCUT2D eigenvalue weighted by Gasteiger charge is -2.57. The molecule has 3 heterocycles. The SMILES string of the molecule is COC(=O)C1(C)OC2OC(=O)C3C2C(C)(CC2C(C)=C4CC(=O)OC(C)(C)C4=CCC23C)C1=O. The zero-order valence-electron chi connectivity index (χ0n) is 20.8. The average molecular weight is 473 g/mol. The van der Waals surface area contributed by atoms with Gasteiger partial charge in [0.25, 0.3) is 0 Å². The van der Waals surface area contributed by atoms with Crippen molar-refractivity contribution in [3.8, 4) is 0 Å².